The molecule has 1 fully saturated rings. The van der Waals surface area contributed by atoms with Crippen molar-refractivity contribution < 1.29 is 4.79 Å². The van der Waals surface area contributed by atoms with Crippen LogP contribution in [0.2, 0.25) is 0 Å². The molecule has 0 bridgehead atoms. The Hall–Kier alpha value is -2.35. The number of carbonyl (C=O) groups is 1. The fraction of sp³-hybridized carbons (Fsp3) is 0.524. The number of hydrogen-bond donors (Lipinski definition) is 3. The minimum atomic E-state index is 0.0757. The Kier molecular flexibility index (Phi) is 7.69. The number of nitrogens with zero attached hydrogens (tertiary/aromatic N) is 3. The summed E-state index contributed by atoms with van der Waals surface area (Å²) in [7, 11) is 0. The molecule has 3 rings (SSSR count). The van der Waals surface area contributed by atoms with Gasteiger partial charge in [0.15, 0.2) is 0 Å². The largest absolute Gasteiger partial charge is 0.368 e. The molecule has 1 aliphatic carbocycles. The molecular formula is C21H30N6OS. The lowest BCUT2D eigenvalue weighted by atomic mass is 9.87. The van der Waals surface area contributed by atoms with Gasteiger partial charge in [0.1, 0.15) is 5.82 Å². The zero-order valence-corrected chi connectivity index (χ0v) is 18.0. The molecule has 1 aromatic heterocycles. The number of para-hydroxylation sites is 1. The Morgan fingerprint density at radius 1 is 1.17 bits per heavy atom. The van der Waals surface area contributed by atoms with E-state index in [0.29, 0.717) is 29.3 Å². The quantitative estimate of drug-likeness (QED) is 0.605. The van der Waals surface area contributed by atoms with Crippen molar-refractivity contribution in [3.63, 3.8) is 0 Å². The maximum Gasteiger partial charge on any atom is 0.232 e. The van der Waals surface area contributed by atoms with Gasteiger partial charge in [0.25, 0.3) is 0 Å². The topological polar surface area (TPSA) is 106 Å². The summed E-state index contributed by atoms with van der Waals surface area (Å²) in [5.74, 6) is 2.91. The average molecular weight is 415 g/mol. The van der Waals surface area contributed by atoms with Crippen molar-refractivity contribution in [3.8, 4) is 0 Å². The summed E-state index contributed by atoms with van der Waals surface area (Å²) in [5.41, 5.74) is 7.99. The molecule has 156 valence electrons. The zero-order chi connectivity index (χ0) is 20.6. The van der Waals surface area contributed by atoms with Crippen LogP contribution < -0.4 is 16.4 Å². The number of nitrogens with one attached hydrogen (secondary N) is 2. The number of carbonyl (C=O) groups excluding carboxylic acids is 1. The van der Waals surface area contributed by atoms with Gasteiger partial charge in [0.2, 0.25) is 17.8 Å². The van der Waals surface area contributed by atoms with E-state index in [4.69, 9.17) is 5.73 Å². The zero-order valence-electron chi connectivity index (χ0n) is 17.1. The normalized spacial score (nSPS) is 19.0. The molecule has 2 aromatic rings. The molecule has 0 atom stereocenters. The van der Waals surface area contributed by atoms with Gasteiger partial charge >= 0.3 is 0 Å². The maximum absolute atomic E-state index is 12.2. The number of benzene rings is 1. The summed E-state index contributed by atoms with van der Waals surface area (Å²) >= 11 is 1.49. The van der Waals surface area contributed by atoms with Gasteiger partial charge < -0.3 is 16.4 Å². The van der Waals surface area contributed by atoms with Crippen LogP contribution in [0, 0.1) is 5.92 Å². The molecule has 4 N–H and O–H groups in total. The van der Waals surface area contributed by atoms with Crippen LogP contribution in [-0.2, 0) is 17.0 Å². The molecule has 1 saturated carbocycles. The van der Waals surface area contributed by atoms with Crippen LogP contribution in [-0.4, -0.2) is 32.7 Å². The minimum Gasteiger partial charge on any atom is -0.368 e. The predicted octanol–water partition coefficient (Wildman–Crippen LogP) is 3.69. The number of aryl methyl sites for hydroxylation is 1. The van der Waals surface area contributed by atoms with Gasteiger partial charge in [-0.2, -0.15) is 15.0 Å². The van der Waals surface area contributed by atoms with Gasteiger partial charge in [-0.3, -0.25) is 4.79 Å². The van der Waals surface area contributed by atoms with Crippen molar-refractivity contribution in [1.82, 2.24) is 20.3 Å². The molecule has 8 heteroatoms. The van der Waals surface area contributed by atoms with Crippen molar-refractivity contribution in [2.24, 2.45) is 5.92 Å². The molecule has 0 unspecified atom stereocenters. The highest BCUT2D eigenvalue weighted by Gasteiger charge is 2.19. The standard InChI is InChI=1S/C21H30N6OS/c1-3-15-6-4-5-7-17(15)24-21-26-18(25-20(22)27-21)12-29-13-19(28)23-16-10-8-14(2)9-11-16/h4-7,14,16H,3,8-13H2,1-2H3,(H,23,28)(H3,22,24,25,26,27). The summed E-state index contributed by atoms with van der Waals surface area (Å²) in [5, 5.41) is 6.37. The Balaban J connectivity index is 1.51. The number of amides is 1. The van der Waals surface area contributed by atoms with E-state index in [-0.39, 0.29) is 11.9 Å². The fourth-order valence-electron chi connectivity index (χ4n) is 3.54. The molecule has 0 radical (unpaired) electrons. The van der Waals surface area contributed by atoms with E-state index in [1.807, 2.05) is 18.2 Å². The van der Waals surface area contributed by atoms with Crippen LogP contribution in [0.4, 0.5) is 17.6 Å². The third-order valence-electron chi connectivity index (χ3n) is 5.19. The highest BCUT2D eigenvalue weighted by Crippen LogP contribution is 2.24. The van der Waals surface area contributed by atoms with Crippen molar-refractivity contribution in [3.05, 3.63) is 35.7 Å². The number of hydrogen-bond acceptors (Lipinski definition) is 7. The third-order valence-corrected chi connectivity index (χ3v) is 6.12. The molecule has 0 spiro atoms. The van der Waals surface area contributed by atoms with E-state index in [0.717, 1.165) is 30.9 Å². The van der Waals surface area contributed by atoms with Gasteiger partial charge in [0.05, 0.1) is 11.5 Å². The van der Waals surface area contributed by atoms with Crippen molar-refractivity contribution in [1.29, 1.82) is 0 Å². The number of nitrogen functional groups attached to an aromatic ring is 1. The Labute approximate surface area is 176 Å². The fourth-order valence-corrected chi connectivity index (χ4v) is 4.22. The van der Waals surface area contributed by atoms with Crippen LogP contribution in [0.25, 0.3) is 0 Å². The highest BCUT2D eigenvalue weighted by molar-refractivity contribution is 7.99. The monoisotopic (exact) mass is 414 g/mol. The molecule has 1 heterocycles. The summed E-state index contributed by atoms with van der Waals surface area (Å²) in [4.78, 5) is 25.1. The smallest absolute Gasteiger partial charge is 0.232 e. The molecule has 0 aliphatic heterocycles. The van der Waals surface area contributed by atoms with E-state index < -0.39 is 0 Å². The first-order valence-electron chi connectivity index (χ1n) is 10.3. The van der Waals surface area contributed by atoms with E-state index >= 15 is 0 Å². The minimum absolute atomic E-state index is 0.0757. The first-order chi connectivity index (χ1) is 14.0. The van der Waals surface area contributed by atoms with Crippen molar-refractivity contribution >= 4 is 35.3 Å². The van der Waals surface area contributed by atoms with Gasteiger partial charge in [-0.25, -0.2) is 0 Å². The average Bonchev–Trinajstić information content (AvgIpc) is 2.70. The number of nitrogens with two attached hydrogens (primary N) is 1. The van der Waals surface area contributed by atoms with Gasteiger partial charge in [0, 0.05) is 11.7 Å². The van der Waals surface area contributed by atoms with E-state index in [2.05, 4.69) is 45.5 Å². The molecule has 7 nitrogen and oxygen atoms in total. The van der Waals surface area contributed by atoms with Crippen LogP contribution >= 0.6 is 11.8 Å². The lowest BCUT2D eigenvalue weighted by Crippen LogP contribution is -2.38. The molecule has 1 amide bonds. The van der Waals surface area contributed by atoms with E-state index in [1.54, 1.807) is 0 Å². The van der Waals surface area contributed by atoms with Gasteiger partial charge in [-0.05, 0) is 49.7 Å². The van der Waals surface area contributed by atoms with Crippen molar-refractivity contribution in [2.45, 2.75) is 57.7 Å². The molecule has 1 aromatic carbocycles. The Morgan fingerprint density at radius 3 is 2.69 bits per heavy atom. The van der Waals surface area contributed by atoms with Gasteiger partial charge in [-0.1, -0.05) is 32.0 Å². The molecule has 1 aliphatic rings. The SMILES string of the molecule is CCc1ccccc1Nc1nc(N)nc(CSCC(=O)NC2CCC(C)CC2)n1. The number of thioether (sulfide) groups is 1. The van der Waals surface area contributed by atoms with Gasteiger partial charge in [-0.15, -0.1) is 11.8 Å². The first kappa shape index (κ1) is 21.4. The van der Waals surface area contributed by atoms with Crippen LogP contribution in [0.3, 0.4) is 0 Å². The maximum atomic E-state index is 12.2. The summed E-state index contributed by atoms with van der Waals surface area (Å²) in [6.45, 7) is 4.38. The second-order valence-electron chi connectivity index (χ2n) is 7.59. The van der Waals surface area contributed by atoms with Crippen molar-refractivity contribution in [2.75, 3.05) is 16.8 Å². The van der Waals surface area contributed by atoms with E-state index in [9.17, 15) is 4.79 Å². The second kappa shape index (κ2) is 10.4. The summed E-state index contributed by atoms with van der Waals surface area (Å²) < 4.78 is 0. The Bertz CT molecular complexity index is 823. The molecular weight excluding hydrogens is 384 g/mol. The summed E-state index contributed by atoms with van der Waals surface area (Å²) in [6.07, 6.45) is 5.45. The predicted molar refractivity (Wildman–Crippen MR) is 119 cm³/mol. The van der Waals surface area contributed by atoms with Crippen LogP contribution in [0.1, 0.15) is 50.9 Å². The highest BCUT2D eigenvalue weighted by atomic mass is 32.2. The first-order valence-corrected chi connectivity index (χ1v) is 11.4. The number of aromatic nitrogens is 3. The lowest BCUT2D eigenvalue weighted by Gasteiger charge is -2.26. The third kappa shape index (κ3) is 6.59. The number of rotatable bonds is 8. The van der Waals surface area contributed by atoms with Crippen LogP contribution in [0.5, 0.6) is 0 Å². The van der Waals surface area contributed by atoms with E-state index in [1.165, 1.54) is 30.2 Å². The number of anilines is 3. The van der Waals surface area contributed by atoms with Crippen LogP contribution in [0.15, 0.2) is 24.3 Å². The molecule has 29 heavy (non-hydrogen) atoms. The second-order valence-corrected chi connectivity index (χ2v) is 8.57. The summed E-state index contributed by atoms with van der Waals surface area (Å²) in [6, 6.07) is 8.35. The Morgan fingerprint density at radius 2 is 1.93 bits per heavy atom. The molecule has 0 saturated heterocycles. The lowest BCUT2D eigenvalue weighted by molar-refractivity contribution is -0.119.